The number of rotatable bonds is 5. The van der Waals surface area contributed by atoms with Gasteiger partial charge in [0.15, 0.2) is 5.82 Å². The van der Waals surface area contributed by atoms with Crippen LogP contribution in [0.3, 0.4) is 0 Å². The Morgan fingerprint density at radius 2 is 2.08 bits per heavy atom. The fourth-order valence-electron chi connectivity index (χ4n) is 1.99. The highest BCUT2D eigenvalue weighted by Gasteiger charge is 2.30. The second-order valence-corrected chi connectivity index (χ2v) is 5.35. The second kappa shape index (κ2) is 8.30. The molecule has 1 heterocycles. The van der Waals surface area contributed by atoms with Crippen molar-refractivity contribution in [2.45, 2.75) is 32.5 Å². The predicted molar refractivity (Wildman–Crippen MR) is 88.8 cm³/mol. The Bertz CT molecular complexity index is 698. The van der Waals surface area contributed by atoms with Gasteiger partial charge in [0.2, 0.25) is 0 Å². The van der Waals surface area contributed by atoms with Crippen molar-refractivity contribution in [3.05, 3.63) is 47.1 Å². The zero-order valence-corrected chi connectivity index (χ0v) is 14.3. The van der Waals surface area contributed by atoms with Crippen molar-refractivity contribution in [3.63, 3.8) is 0 Å². The van der Waals surface area contributed by atoms with E-state index in [-0.39, 0.29) is 24.3 Å². The first-order valence-electron chi connectivity index (χ1n) is 7.15. The fourth-order valence-corrected chi connectivity index (χ4v) is 1.99. The van der Waals surface area contributed by atoms with Crippen LogP contribution in [0.5, 0.6) is 0 Å². The molecule has 1 atom stereocenters. The average molecular weight is 362 g/mol. The molecule has 0 saturated carbocycles. The number of nitrogens with zero attached hydrogens (tertiary/aromatic N) is 2. The van der Waals surface area contributed by atoms with Crippen LogP contribution in [0.2, 0.25) is 0 Å². The smallest absolute Gasteiger partial charge is 0.335 e. The lowest BCUT2D eigenvalue weighted by Crippen LogP contribution is -2.24. The lowest BCUT2D eigenvalue weighted by Gasteiger charge is -2.08. The van der Waals surface area contributed by atoms with E-state index in [1.54, 1.807) is 19.1 Å². The van der Waals surface area contributed by atoms with E-state index >= 15 is 0 Å². The van der Waals surface area contributed by atoms with Gasteiger partial charge in [-0.05, 0) is 44.2 Å². The van der Waals surface area contributed by atoms with E-state index in [4.69, 9.17) is 4.52 Å². The summed E-state index contributed by atoms with van der Waals surface area (Å²) < 4.78 is 43.4. The minimum Gasteiger partial charge on any atom is -0.335 e. The largest absolute Gasteiger partial charge is 0.416 e. The third-order valence-electron chi connectivity index (χ3n) is 3.45. The maximum atomic E-state index is 12.8. The summed E-state index contributed by atoms with van der Waals surface area (Å²) in [6, 6.07) is 5.34. The second-order valence-electron chi connectivity index (χ2n) is 5.35. The first-order valence-corrected chi connectivity index (χ1v) is 7.15. The maximum absolute atomic E-state index is 12.8. The number of alkyl halides is 3. The van der Waals surface area contributed by atoms with Gasteiger partial charge in [-0.15, -0.1) is 12.4 Å². The minimum atomic E-state index is -4.36. The van der Waals surface area contributed by atoms with Gasteiger partial charge in [0, 0.05) is 18.5 Å². The molecule has 0 amide bonds. The molecule has 24 heavy (non-hydrogen) atoms. The number of hydrogen-bond acceptors (Lipinski definition) is 4. The third-order valence-corrected chi connectivity index (χ3v) is 3.45. The average Bonchev–Trinajstić information content (AvgIpc) is 2.93. The Kier molecular flexibility index (Phi) is 6.98. The van der Waals surface area contributed by atoms with E-state index < -0.39 is 11.7 Å². The zero-order chi connectivity index (χ0) is 17.0. The Hall–Kier alpha value is -1.86. The van der Waals surface area contributed by atoms with Gasteiger partial charge in [0.1, 0.15) is 0 Å². The van der Waals surface area contributed by atoms with E-state index in [2.05, 4.69) is 15.5 Å². The minimum absolute atomic E-state index is 0. The molecule has 0 saturated heterocycles. The predicted octanol–water partition coefficient (Wildman–Crippen LogP) is 4.22. The molecule has 2 aromatic rings. The van der Waals surface area contributed by atoms with Crippen LogP contribution >= 0.6 is 12.4 Å². The monoisotopic (exact) mass is 361 g/mol. The molecule has 1 unspecified atom stereocenters. The van der Waals surface area contributed by atoms with E-state index in [1.807, 2.05) is 14.0 Å². The highest BCUT2D eigenvalue weighted by atomic mass is 35.5. The number of aromatic nitrogens is 2. The van der Waals surface area contributed by atoms with Crippen molar-refractivity contribution in [1.29, 1.82) is 0 Å². The summed E-state index contributed by atoms with van der Waals surface area (Å²) in [5, 5.41) is 6.92. The molecule has 4 nitrogen and oxygen atoms in total. The fraction of sp³-hybridized carbons (Fsp3) is 0.375. The molecule has 1 N–H and O–H groups in total. The van der Waals surface area contributed by atoms with E-state index in [0.717, 1.165) is 12.1 Å². The lowest BCUT2D eigenvalue weighted by atomic mass is 10.0. The topological polar surface area (TPSA) is 51.0 Å². The highest BCUT2D eigenvalue weighted by molar-refractivity contribution is 5.85. The van der Waals surface area contributed by atoms with Crippen LogP contribution in [-0.4, -0.2) is 23.2 Å². The van der Waals surface area contributed by atoms with Crippen LogP contribution in [-0.2, 0) is 12.6 Å². The molecule has 132 valence electrons. The molecule has 0 spiro atoms. The summed E-state index contributed by atoms with van der Waals surface area (Å²) in [5.41, 5.74) is 0.396. The van der Waals surface area contributed by atoms with Crippen LogP contribution in [0.1, 0.15) is 36.7 Å². The summed E-state index contributed by atoms with van der Waals surface area (Å²) >= 11 is 0. The van der Waals surface area contributed by atoms with Gasteiger partial charge in [0.05, 0.1) is 5.56 Å². The highest BCUT2D eigenvalue weighted by Crippen LogP contribution is 2.31. The third kappa shape index (κ3) is 5.35. The summed E-state index contributed by atoms with van der Waals surface area (Å²) in [4.78, 5) is 4.22. The number of halogens is 4. The van der Waals surface area contributed by atoms with Crippen molar-refractivity contribution in [1.82, 2.24) is 15.5 Å². The molecule has 0 radical (unpaired) electrons. The first-order chi connectivity index (χ1) is 10.8. The first kappa shape index (κ1) is 20.2. The Morgan fingerprint density at radius 1 is 1.38 bits per heavy atom. The zero-order valence-electron chi connectivity index (χ0n) is 13.5. The molecule has 0 aliphatic carbocycles. The van der Waals surface area contributed by atoms with E-state index in [9.17, 15) is 13.2 Å². The molecule has 0 aliphatic rings. The molecule has 1 aromatic heterocycles. The molecular formula is C16H19ClF3N3O. The molecular weight excluding hydrogens is 343 g/mol. The van der Waals surface area contributed by atoms with E-state index in [1.165, 1.54) is 6.07 Å². The van der Waals surface area contributed by atoms with Gasteiger partial charge in [-0.2, -0.15) is 18.2 Å². The Balaban J connectivity index is 0.00000288. The quantitative estimate of drug-likeness (QED) is 0.866. The van der Waals surface area contributed by atoms with Crippen LogP contribution in [0, 0.1) is 0 Å². The lowest BCUT2D eigenvalue weighted by molar-refractivity contribution is -0.137. The van der Waals surface area contributed by atoms with Crippen molar-refractivity contribution in [3.8, 4) is 0 Å². The standard InChI is InChI=1S/C16H18F3N3O.ClH/c1-10(12-5-4-6-13(9-12)16(17,18)19)7-15-21-14(22-23-15)8-11(2)20-3;/h4-7,9,11,20H,8H2,1-3H3;1H/b10-7-;. The van der Waals surface area contributed by atoms with Gasteiger partial charge in [-0.25, -0.2) is 0 Å². The van der Waals surface area contributed by atoms with E-state index in [0.29, 0.717) is 23.4 Å². The summed E-state index contributed by atoms with van der Waals surface area (Å²) in [6.45, 7) is 3.69. The molecule has 8 heteroatoms. The number of likely N-dealkylation sites (N-methyl/N-ethyl adjacent to an activating group) is 1. The summed E-state index contributed by atoms with van der Waals surface area (Å²) in [7, 11) is 1.84. The SMILES string of the molecule is CNC(C)Cc1noc(/C=C(/C)c2cccc(C(F)(F)F)c2)n1.Cl. The molecule has 0 fully saturated rings. The van der Waals surface area contributed by atoms with Gasteiger partial charge in [-0.1, -0.05) is 17.3 Å². The molecule has 0 bridgehead atoms. The van der Waals surface area contributed by atoms with Gasteiger partial charge < -0.3 is 9.84 Å². The van der Waals surface area contributed by atoms with Gasteiger partial charge >= 0.3 is 6.18 Å². The van der Waals surface area contributed by atoms with Gasteiger partial charge in [-0.3, -0.25) is 0 Å². The Morgan fingerprint density at radius 3 is 2.71 bits per heavy atom. The van der Waals surface area contributed by atoms with Crippen LogP contribution in [0.25, 0.3) is 11.6 Å². The van der Waals surface area contributed by atoms with Crippen LogP contribution < -0.4 is 5.32 Å². The molecule has 2 rings (SSSR count). The summed E-state index contributed by atoms with van der Waals surface area (Å²) in [5.74, 6) is 0.827. The number of benzene rings is 1. The van der Waals surface area contributed by atoms with Gasteiger partial charge in [0.25, 0.3) is 5.89 Å². The number of allylic oxidation sites excluding steroid dienone is 1. The van der Waals surface area contributed by atoms with Crippen molar-refractivity contribution in [2.24, 2.45) is 0 Å². The maximum Gasteiger partial charge on any atom is 0.416 e. The van der Waals surface area contributed by atoms with Crippen LogP contribution in [0.4, 0.5) is 13.2 Å². The van der Waals surface area contributed by atoms with Crippen molar-refractivity contribution in [2.75, 3.05) is 7.05 Å². The van der Waals surface area contributed by atoms with Crippen molar-refractivity contribution < 1.29 is 17.7 Å². The molecule has 0 aliphatic heterocycles. The number of hydrogen-bond donors (Lipinski definition) is 1. The molecule has 1 aromatic carbocycles. The van der Waals surface area contributed by atoms with Crippen LogP contribution in [0.15, 0.2) is 28.8 Å². The van der Waals surface area contributed by atoms with Crippen molar-refractivity contribution >= 4 is 24.1 Å². The number of nitrogens with one attached hydrogen (secondary N) is 1. The summed E-state index contributed by atoms with van der Waals surface area (Å²) in [6.07, 6.45) is -2.18. The Labute approximate surface area is 144 Å². The normalized spacial score (nSPS) is 13.5.